The molecule has 0 fully saturated rings. The first-order chi connectivity index (χ1) is 30.0. The molecule has 0 saturated carbocycles. The van der Waals surface area contributed by atoms with Crippen molar-refractivity contribution in [1.29, 1.82) is 0 Å². The van der Waals surface area contributed by atoms with Crippen LogP contribution in [0.4, 0.5) is 11.4 Å². The summed E-state index contributed by atoms with van der Waals surface area (Å²) in [4.78, 5) is 77.2. The van der Waals surface area contributed by atoms with E-state index in [2.05, 4.69) is 0 Å². The van der Waals surface area contributed by atoms with E-state index < -0.39 is 34.1 Å². The molecule has 0 saturated heterocycles. The Balaban J connectivity index is 0.756. The van der Waals surface area contributed by atoms with Gasteiger partial charge in [-0.1, -0.05) is 0 Å². The van der Waals surface area contributed by atoms with Gasteiger partial charge in [0.1, 0.15) is 46.0 Å². The van der Waals surface area contributed by atoms with E-state index in [1.54, 1.807) is 121 Å². The average Bonchev–Trinajstić information content (AvgIpc) is 3.69. The molecule has 4 amide bonds. The summed E-state index contributed by atoms with van der Waals surface area (Å²) in [6.07, 6.45) is 0. The molecule has 0 unspecified atom stereocenters. The number of hydrogen-bond donors (Lipinski definition) is 0. The van der Waals surface area contributed by atoms with Crippen LogP contribution in [0.1, 0.15) is 62.1 Å². The Morgan fingerprint density at radius 1 is 0.323 bits per heavy atom. The molecule has 0 aliphatic carbocycles. The minimum atomic E-state index is -0.719. The Hall–Kier alpha value is -8.06. The third-order valence-corrected chi connectivity index (χ3v) is 10.3. The lowest BCUT2D eigenvalue weighted by Gasteiger charge is -2.15. The molecule has 7 aromatic rings. The zero-order chi connectivity index (χ0) is 43.1. The Morgan fingerprint density at radius 2 is 0.548 bits per heavy atom. The smallest absolute Gasteiger partial charge is 0.266 e. The van der Waals surface area contributed by atoms with Crippen molar-refractivity contribution in [3.05, 3.63) is 191 Å². The van der Waals surface area contributed by atoms with Crippen molar-refractivity contribution in [2.45, 2.75) is 0 Å². The van der Waals surface area contributed by atoms with Crippen molar-refractivity contribution >= 4 is 68.7 Å². The first-order valence-corrected chi connectivity index (χ1v) is 19.4. The monoisotopic (exact) mass is 860 g/mol. The zero-order valence-corrected chi connectivity index (χ0v) is 33.3. The molecule has 7 aromatic carbocycles. The number of imide groups is 2. The molecule has 2 heterocycles. The van der Waals surface area contributed by atoms with Crippen LogP contribution in [0.25, 0.3) is 0 Å². The van der Waals surface area contributed by atoms with Gasteiger partial charge in [-0.3, -0.25) is 28.8 Å². The highest BCUT2D eigenvalue weighted by Gasteiger charge is 2.38. The maximum atomic E-state index is 13.0. The molecule has 9 rings (SSSR count). The molecular weight excluding hydrogens is 835 g/mol. The van der Waals surface area contributed by atoms with Gasteiger partial charge in [-0.15, -0.1) is 0 Å². The number of anilines is 2. The van der Waals surface area contributed by atoms with Gasteiger partial charge in [0.05, 0.1) is 33.6 Å². The Bertz CT molecular complexity index is 2770. The second-order valence-electron chi connectivity index (χ2n) is 13.8. The van der Waals surface area contributed by atoms with Gasteiger partial charge in [-0.05, 0) is 181 Å². The second kappa shape index (κ2) is 16.2. The fourth-order valence-electron chi connectivity index (χ4n) is 6.79. The SMILES string of the molecule is O=C(Cl)c1ccc2c(c1)C(=O)N(c1ccc(Oc3ccc(Oc4ccc(Oc5ccc(Oc6ccc(N7C(=O)c8ccc(C(=O)Cl)cc8C7=O)cc6)cc5)cc4)cc3)cc1)C2=O. The maximum absolute atomic E-state index is 13.0. The van der Waals surface area contributed by atoms with E-state index in [9.17, 15) is 28.8 Å². The number of carbonyl (C=O) groups excluding carboxylic acids is 6. The molecule has 302 valence electrons. The minimum Gasteiger partial charge on any atom is -0.457 e. The van der Waals surface area contributed by atoms with Gasteiger partial charge in [0.2, 0.25) is 0 Å². The summed E-state index contributed by atoms with van der Waals surface area (Å²) >= 11 is 11.1. The summed E-state index contributed by atoms with van der Waals surface area (Å²) in [6, 6.07) is 42.3. The van der Waals surface area contributed by atoms with Gasteiger partial charge in [-0.25, -0.2) is 9.80 Å². The molecule has 0 bridgehead atoms. The molecule has 14 heteroatoms. The number of halogens is 2. The van der Waals surface area contributed by atoms with Crippen LogP contribution in [0.2, 0.25) is 0 Å². The van der Waals surface area contributed by atoms with Crippen LogP contribution < -0.4 is 28.7 Å². The van der Waals surface area contributed by atoms with Gasteiger partial charge in [0.15, 0.2) is 0 Å². The van der Waals surface area contributed by atoms with Gasteiger partial charge in [0.25, 0.3) is 34.1 Å². The van der Waals surface area contributed by atoms with E-state index in [-0.39, 0.29) is 33.4 Å². The van der Waals surface area contributed by atoms with Crippen LogP contribution in [-0.2, 0) is 0 Å². The Morgan fingerprint density at radius 3 is 0.790 bits per heavy atom. The number of hydrogen-bond acceptors (Lipinski definition) is 10. The summed E-state index contributed by atoms with van der Waals surface area (Å²) in [7, 11) is 0. The van der Waals surface area contributed by atoms with Crippen LogP contribution in [-0.4, -0.2) is 34.1 Å². The molecule has 12 nitrogen and oxygen atoms in total. The maximum Gasteiger partial charge on any atom is 0.266 e. The van der Waals surface area contributed by atoms with Crippen molar-refractivity contribution in [2.75, 3.05) is 9.80 Å². The fraction of sp³-hybridized carbons (Fsp3) is 0. The van der Waals surface area contributed by atoms with Crippen molar-refractivity contribution in [3.63, 3.8) is 0 Å². The molecule has 0 radical (unpaired) electrons. The second-order valence-corrected chi connectivity index (χ2v) is 14.5. The van der Waals surface area contributed by atoms with E-state index >= 15 is 0 Å². The predicted octanol–water partition coefficient (Wildman–Crippen LogP) is 11.2. The van der Waals surface area contributed by atoms with Gasteiger partial charge >= 0.3 is 0 Å². The Kier molecular flexibility index (Phi) is 10.3. The van der Waals surface area contributed by atoms with Crippen LogP contribution in [0.5, 0.6) is 46.0 Å². The predicted molar refractivity (Wildman–Crippen MR) is 228 cm³/mol. The number of benzene rings is 7. The highest BCUT2D eigenvalue weighted by atomic mass is 35.5. The highest BCUT2D eigenvalue weighted by Crippen LogP contribution is 2.35. The molecule has 0 spiro atoms. The number of rotatable bonds is 12. The third kappa shape index (κ3) is 7.74. The van der Waals surface area contributed by atoms with Gasteiger partial charge in [-0.2, -0.15) is 0 Å². The number of amides is 4. The molecule has 62 heavy (non-hydrogen) atoms. The average molecular weight is 862 g/mol. The van der Waals surface area contributed by atoms with E-state index in [0.717, 1.165) is 9.80 Å². The van der Waals surface area contributed by atoms with Crippen LogP contribution in [0, 0.1) is 0 Å². The summed E-state index contributed by atoms with van der Waals surface area (Å²) < 4.78 is 23.9. The summed E-state index contributed by atoms with van der Waals surface area (Å²) in [5, 5.41) is -1.44. The molecular formula is C48H26Cl2N2O10. The first kappa shape index (κ1) is 39.4. The summed E-state index contributed by atoms with van der Waals surface area (Å²) in [5.41, 5.74) is 1.58. The van der Waals surface area contributed by atoms with Crippen LogP contribution in [0.3, 0.4) is 0 Å². The van der Waals surface area contributed by atoms with Crippen molar-refractivity contribution in [1.82, 2.24) is 0 Å². The van der Waals surface area contributed by atoms with Crippen LogP contribution in [0.15, 0.2) is 158 Å². The molecule has 0 N–H and O–H groups in total. The lowest BCUT2D eigenvalue weighted by atomic mass is 10.1. The number of carbonyl (C=O) groups is 6. The number of nitrogens with zero attached hydrogens (tertiary/aromatic N) is 2. The van der Waals surface area contributed by atoms with Crippen LogP contribution >= 0.6 is 23.2 Å². The highest BCUT2D eigenvalue weighted by molar-refractivity contribution is 6.68. The summed E-state index contributed by atoms with van der Waals surface area (Å²) in [6.45, 7) is 0. The van der Waals surface area contributed by atoms with Gasteiger partial charge < -0.3 is 18.9 Å². The lowest BCUT2D eigenvalue weighted by molar-refractivity contribution is 0.0910. The van der Waals surface area contributed by atoms with E-state index in [1.807, 2.05) is 0 Å². The van der Waals surface area contributed by atoms with E-state index in [4.69, 9.17) is 42.1 Å². The Labute approximate surface area is 362 Å². The standard InChI is InChI=1S/C48H26Cl2N2O10/c49-43(53)27-1-23-39-41(25-27)47(57)51(45(39)55)29-3-7-31(8-4-29)59-33-11-15-35(16-12-33)61-37-19-21-38(22-20-37)62-36-17-13-34(14-18-36)60-32-9-5-30(6-10-32)52-46(56)40-24-2-28(44(50)54)26-42(40)48(52)58/h1-26H. The number of ether oxygens (including phenoxy) is 4. The van der Waals surface area contributed by atoms with Crippen molar-refractivity contribution < 1.29 is 47.7 Å². The van der Waals surface area contributed by atoms with Crippen molar-refractivity contribution in [3.8, 4) is 46.0 Å². The normalized spacial score (nSPS) is 12.9. The zero-order valence-electron chi connectivity index (χ0n) is 31.7. The van der Waals surface area contributed by atoms with E-state index in [0.29, 0.717) is 57.4 Å². The topological polar surface area (TPSA) is 146 Å². The molecule has 0 atom stereocenters. The largest absolute Gasteiger partial charge is 0.457 e. The quantitative estimate of drug-likeness (QED) is 0.0859. The first-order valence-electron chi connectivity index (χ1n) is 18.7. The molecule has 2 aliphatic rings. The third-order valence-electron chi connectivity index (χ3n) is 9.83. The summed E-state index contributed by atoms with van der Waals surface area (Å²) in [5.74, 6) is 2.22. The fourth-order valence-corrected chi connectivity index (χ4v) is 7.03. The van der Waals surface area contributed by atoms with Crippen molar-refractivity contribution in [2.24, 2.45) is 0 Å². The number of fused-ring (bicyclic) bond motifs is 2. The molecule has 0 aromatic heterocycles. The van der Waals surface area contributed by atoms with E-state index in [1.165, 1.54) is 36.4 Å². The minimum absolute atomic E-state index is 0.115. The molecule has 2 aliphatic heterocycles. The van der Waals surface area contributed by atoms with Gasteiger partial charge in [0, 0.05) is 11.1 Å². The lowest BCUT2D eigenvalue weighted by Crippen LogP contribution is -2.29.